The van der Waals surface area contributed by atoms with Crippen LogP contribution in [0.25, 0.3) is 10.9 Å². The van der Waals surface area contributed by atoms with Crippen LogP contribution in [-0.4, -0.2) is 218 Å². The van der Waals surface area contributed by atoms with E-state index < -0.39 is 162 Å². The Morgan fingerprint density at radius 1 is 0.483 bits per heavy atom. The second kappa shape index (κ2) is 61.7. The number of carbonyl (C=O) groups excluding carboxylic acids is 14. The van der Waals surface area contributed by atoms with Gasteiger partial charge in [0.1, 0.15) is 59.1 Å². The Hall–Kier alpha value is -10.5. The van der Waals surface area contributed by atoms with E-state index >= 15 is 4.79 Å². The van der Waals surface area contributed by atoms with Gasteiger partial charge in [0.15, 0.2) is 0 Å². The number of rotatable bonds is 56. The van der Waals surface area contributed by atoms with Gasteiger partial charge in [-0.25, -0.2) is 9.59 Å². The zero-order chi connectivity index (χ0) is 108. The maximum atomic E-state index is 15.5. The number of aromatic nitrogens is 1. The number of halogens is 1. The number of nitrogens with two attached hydrogens (primary N) is 1. The largest absolute Gasteiger partial charge is 0.0603 e. The summed E-state index contributed by atoms with van der Waals surface area (Å²) in [5.41, 5.74) is 8.55. The van der Waals surface area contributed by atoms with E-state index in [2.05, 4.69) is 93.9 Å². The zero-order valence-corrected chi connectivity index (χ0v) is 94.2. The molecular formula is C106H165IN16O19Po. The van der Waals surface area contributed by atoms with E-state index in [-0.39, 0.29) is 137 Å². The molecule has 0 aliphatic carbocycles. The van der Waals surface area contributed by atoms with E-state index in [1.54, 1.807) is 111 Å². The Morgan fingerprint density at radius 3 is 1.45 bits per heavy atom. The van der Waals surface area contributed by atoms with Crippen molar-refractivity contribution in [2.24, 2.45) is 35.5 Å². The van der Waals surface area contributed by atoms with Crippen LogP contribution in [0.2, 0.25) is 0 Å². The van der Waals surface area contributed by atoms with Crippen molar-refractivity contribution in [3.8, 4) is 0 Å². The van der Waals surface area contributed by atoms with Gasteiger partial charge in [0.2, 0.25) is 59.1 Å². The summed E-state index contributed by atoms with van der Waals surface area (Å²) in [5, 5.41) is 44.8. The number of hydrogen-bond acceptors (Lipinski definition) is 20. The molecule has 0 aliphatic rings. The number of para-hydroxylation sites is 1. The molecule has 1 heterocycles. The van der Waals surface area contributed by atoms with Crippen molar-refractivity contribution in [3.05, 3.63) is 126 Å². The van der Waals surface area contributed by atoms with Crippen molar-refractivity contribution in [3.63, 3.8) is 0 Å². The number of carbonyl (C=O) groups is 15. The van der Waals surface area contributed by atoms with Crippen LogP contribution in [0.4, 0.5) is 21.0 Å². The standard InChI is InChI=1S/C69H102N9O12.C37H63N7O7.HI.Po/c1-18-26-54(73-63(84)60(46(7)19-2)74-56(79)31-25-32-58(81)88-67(9,10)11)62(83)71-52(37-44(3)4)42-78(66(87)90-69(15,16)17)47(8)61(82)75-59(45(5)6)64(85)77(39-49-33-35-51(36-34-49)72-65(86)89-68(12,13)14)41-50-40-76(55-30-24-23-29-53(50)55)43-57(80)70-38-48-27-21-20-22-28-48;1-9-12-29(42-37(51)33(24(7)10-2)43-30(45)13-11-14-31(46)47)35(49)41-28(19-22(3)4)21-39-25(8)34(48)44-32(23(5)6)36(50)40-20-26-15-17-27(38)18-16-26;;/h21-24,27-30,33-36,40,44-47,52,54,59-60H,18-19,25-26,31-32,37-39,41-43H2,1-17H3,(H,70,80)(H,71,83)(H,72,86)(H,73,84)(H,74,79)(H,75,82);15-18,22-25,28-29,32-33,39H,9-14,19-21,38H2,1-8H3,(H,40,50)(H,41,49)(H,42,51)(H,43,45)(H,44,48)(H,46,47);1H;/q;;;+1/p-1/t46-,47-,52-,54-,59-,60-;24-,25-,28-,29-,32-,33-;;/m00../s1. The average molecular weight is 2300 g/mol. The molecule has 35 nitrogen and oxygen atoms in total. The van der Waals surface area contributed by atoms with E-state index in [1.807, 2.05) is 156 Å². The molecule has 37 heteroatoms. The first-order valence-electron chi connectivity index (χ1n) is 50.3. The summed E-state index contributed by atoms with van der Waals surface area (Å²) in [5.74, 6) is -7.19. The van der Waals surface area contributed by atoms with Gasteiger partial charge in [-0.05, 0) is 186 Å². The number of amides is 13. The van der Waals surface area contributed by atoms with Crippen LogP contribution in [-0.2, 0) is 109 Å². The van der Waals surface area contributed by atoms with Crippen LogP contribution in [0.1, 0.15) is 285 Å². The molecule has 0 bridgehead atoms. The summed E-state index contributed by atoms with van der Waals surface area (Å²) in [6, 6.07) is 21.4. The Morgan fingerprint density at radius 2 is 0.965 bits per heavy atom. The van der Waals surface area contributed by atoms with Crippen molar-refractivity contribution in [2.45, 2.75) is 373 Å². The summed E-state index contributed by atoms with van der Waals surface area (Å²) < 4.78 is 20.0. The number of nitrogens with zero attached hydrogens (tertiary/aromatic N) is 3. The van der Waals surface area contributed by atoms with Crippen molar-refractivity contribution in [2.75, 3.05) is 24.1 Å². The van der Waals surface area contributed by atoms with E-state index in [0.29, 0.717) is 75.0 Å². The number of ether oxygens (including phenoxy) is 3. The summed E-state index contributed by atoms with van der Waals surface area (Å²) in [4.78, 5) is 205. The number of carboxylic acids is 1. The third kappa shape index (κ3) is 47.0. The van der Waals surface area contributed by atoms with Gasteiger partial charge in [0.05, 0.1) is 6.04 Å². The number of nitrogens with one attached hydrogen (secondary N) is 12. The number of nitrogen functional groups attached to an aromatic ring is 1. The van der Waals surface area contributed by atoms with E-state index in [1.165, 1.54) is 15.0 Å². The van der Waals surface area contributed by atoms with Crippen LogP contribution in [0, 0.1) is 35.5 Å². The van der Waals surface area contributed by atoms with Gasteiger partial charge in [-0.15, -0.1) is 0 Å². The molecule has 12 atom stereocenters. The van der Waals surface area contributed by atoms with Crippen molar-refractivity contribution < 1.29 is 91.2 Å². The minimum Gasteiger partial charge on any atom is -0.0603 e. The fourth-order valence-electron chi connectivity index (χ4n) is 15.5. The topological polar surface area (TPSA) is 486 Å². The van der Waals surface area contributed by atoms with Gasteiger partial charge < -0.3 is 83.1 Å². The number of aliphatic carboxylic acids is 1. The molecule has 0 fully saturated rings. The predicted molar refractivity (Wildman–Crippen MR) is 567 cm³/mol. The molecule has 4 aromatic carbocycles. The number of esters is 1. The maximum absolute atomic E-state index is 15.5. The van der Waals surface area contributed by atoms with Crippen LogP contribution < -0.4 is 72.8 Å². The van der Waals surface area contributed by atoms with Crippen LogP contribution in [0.5, 0.6) is 0 Å². The van der Waals surface area contributed by atoms with Gasteiger partial charge >= 0.3 is 176 Å². The monoisotopic (exact) mass is 2300 g/mol. The molecule has 1 aromatic heterocycles. The van der Waals surface area contributed by atoms with Gasteiger partial charge in [-0.2, -0.15) is 0 Å². The molecular weight excluding hydrogens is 2140 g/mol. The normalized spacial score (nSPS) is 14.1. The number of benzene rings is 4. The second-order valence-corrected chi connectivity index (χ2v) is 47.9. The molecule has 0 saturated carbocycles. The van der Waals surface area contributed by atoms with Gasteiger partial charge in [0.25, 0.3) is 0 Å². The fraction of sp³-hybridized carbons (Fsp3) is 0.613. The van der Waals surface area contributed by atoms with Gasteiger partial charge in [0, 0.05) is 75.3 Å². The number of hydrogen-bond donors (Lipinski definition) is 14. The van der Waals surface area contributed by atoms with Gasteiger partial charge in [-0.1, -0.05) is 153 Å². The molecule has 0 unspecified atom stereocenters. The minimum atomic E-state index is -1.26. The van der Waals surface area contributed by atoms with Crippen molar-refractivity contribution >= 4 is 152 Å². The van der Waals surface area contributed by atoms with Crippen LogP contribution in [0.15, 0.2) is 103 Å². The Labute approximate surface area is 868 Å². The van der Waals surface area contributed by atoms with Crippen molar-refractivity contribution in [1.82, 2.24) is 72.9 Å². The molecule has 0 saturated heterocycles. The van der Waals surface area contributed by atoms with Gasteiger partial charge in [-0.3, -0.25) is 67.8 Å². The molecule has 13 amide bonds. The molecule has 5 aromatic rings. The van der Waals surface area contributed by atoms with E-state index in [4.69, 9.17) is 25.1 Å². The van der Waals surface area contributed by atoms with Crippen LogP contribution in [0.3, 0.4) is 0 Å². The molecule has 0 aliphatic heterocycles. The predicted octanol–water partition coefficient (Wildman–Crippen LogP) is 12.7. The summed E-state index contributed by atoms with van der Waals surface area (Å²) in [6.07, 6.45) is 4.41. The number of anilines is 2. The quantitative estimate of drug-likeness (QED) is 0.00744. The zero-order valence-electron chi connectivity index (χ0n) is 88.9. The molecule has 5 rings (SSSR count). The van der Waals surface area contributed by atoms with Crippen molar-refractivity contribution in [1.29, 1.82) is 0 Å². The third-order valence-corrected chi connectivity index (χ3v) is 29.7. The van der Waals surface area contributed by atoms with Crippen LogP contribution >= 0.6 is 18.0 Å². The summed E-state index contributed by atoms with van der Waals surface area (Å²) in [6.45, 7) is 46.3. The second-order valence-electron chi connectivity index (χ2n) is 41.6. The smallest absolute Gasteiger partial charge is 0.0176 e. The molecule has 15 N–H and O–H groups in total. The first-order chi connectivity index (χ1) is 67.0. The molecule has 796 valence electrons. The first kappa shape index (κ1) is 125. The molecule has 0 radical (unpaired) electrons. The van der Waals surface area contributed by atoms with E-state index in [0.717, 1.165) is 27.6 Å². The SMILES string of the molecule is CCC[C@H](NC(=O)[C@@H](NC(=O)CCCC(=O)O)[C@@H](C)CC)C(=O)N[C@H](CN[C@@H](C)C(=O)N[C@H](C(=O)NCc1ccc(N)cc1)C(C)C)CC(C)C.CCC[C@H](NC(=O)[C@@H](NC(=O)CCCC(=O)OC(C)(C)C)[C@@H](C)CC)C(=O)N[C@@H](CC(C)C)CN(C(=O)OC(C)(C)C)[C@@H](C)C(=O)N[C@H](C(=O)N(Cc1ccc(NC(=O)OC(C)(C)C)cc1)Cc1cn(CC(=O)NCc2cc[c]([Po][I])cc2)c2ccccc12)C(C)C. The summed E-state index contributed by atoms with van der Waals surface area (Å²) in [7, 11) is 0. The summed E-state index contributed by atoms with van der Waals surface area (Å²) >= 11 is 1.90. The maximum Gasteiger partial charge on any atom is -0.0176 e. The molecule has 143 heavy (non-hydrogen) atoms. The third-order valence-electron chi connectivity index (χ3n) is 23.5. The average Bonchev–Trinajstić information content (AvgIpc) is 1.65. The molecule has 0 spiro atoms. The minimum absolute atomic E-state index is 0.0105. The van der Waals surface area contributed by atoms with E-state index in [9.17, 15) is 67.1 Å². The number of carboxylic acid groups (broad SMARTS) is 1. The Kier molecular flexibility index (Phi) is 53.8. The fourth-order valence-corrected chi connectivity index (χ4v) is 19.0. The Bertz CT molecular complexity index is 4940. The Balaban J connectivity index is 0.000000706. The first-order valence-corrected chi connectivity index (χ1v) is 60.8. The number of fused-ring (bicyclic) bond motifs is 1.